The van der Waals surface area contributed by atoms with Crippen molar-refractivity contribution in [2.75, 3.05) is 40.3 Å². The zero-order valence-electron chi connectivity index (χ0n) is 22.8. The largest absolute Gasteiger partial charge is 0.393 e. The fourth-order valence-corrected chi connectivity index (χ4v) is 7.41. The second-order valence-corrected chi connectivity index (χ2v) is 12.5. The van der Waals surface area contributed by atoms with Gasteiger partial charge < -0.3 is 20.2 Å². The third-order valence-electron chi connectivity index (χ3n) is 10.2. The lowest BCUT2D eigenvalue weighted by Crippen LogP contribution is -2.56. The van der Waals surface area contributed by atoms with Crippen molar-refractivity contribution in [1.29, 1.82) is 0 Å². The molecule has 3 amide bonds. The van der Waals surface area contributed by atoms with Crippen molar-refractivity contribution in [2.24, 2.45) is 11.8 Å². The maximum Gasteiger partial charge on any atom is 0.321 e. The molecule has 1 spiro atoms. The van der Waals surface area contributed by atoms with Crippen molar-refractivity contribution in [3.63, 3.8) is 0 Å². The summed E-state index contributed by atoms with van der Waals surface area (Å²) in [6.07, 6.45) is 11.2. The maximum absolute atomic E-state index is 13.7. The number of carbonyl (C=O) groups is 2. The van der Waals surface area contributed by atoms with Gasteiger partial charge in [0.1, 0.15) is 6.54 Å². The van der Waals surface area contributed by atoms with Crippen LogP contribution in [-0.4, -0.2) is 83.7 Å². The van der Waals surface area contributed by atoms with E-state index in [0.717, 1.165) is 57.9 Å². The number of aliphatic hydroxyl groups excluding tert-OH is 1. The van der Waals surface area contributed by atoms with Gasteiger partial charge in [-0.3, -0.25) is 9.69 Å². The van der Waals surface area contributed by atoms with Crippen molar-refractivity contribution in [3.05, 3.63) is 35.9 Å². The van der Waals surface area contributed by atoms with E-state index in [-0.39, 0.29) is 41.6 Å². The fraction of sp³-hybridized carbons (Fsp3) is 0.733. The molecule has 1 saturated heterocycles. The van der Waals surface area contributed by atoms with E-state index in [1.807, 2.05) is 0 Å². The highest BCUT2D eigenvalue weighted by molar-refractivity contribution is 5.86. The zero-order valence-corrected chi connectivity index (χ0v) is 22.8. The van der Waals surface area contributed by atoms with E-state index in [4.69, 9.17) is 0 Å². The number of nitrogens with zero attached hydrogens (tertiary/aromatic N) is 3. The average molecular weight is 511 g/mol. The molecule has 0 bridgehead atoms. The molecule has 0 aromatic heterocycles. The summed E-state index contributed by atoms with van der Waals surface area (Å²) < 4.78 is 0. The molecule has 3 saturated carbocycles. The standard InChI is InChI=1S/C30H46N4O3/c1-32(2)30(25-12-4-3-5-13-25)17-15-29(16-18-30)22-33(28(37)34(29)20-23-9-8-10-23)21-27(36)31-19-24-11-6-7-14-26(24)35/h3-5,12-13,23-24,26,35H,6-11,14-22H2,1-2H3,(H,31,36)/t24-,26+,29?,30?/m0/s1. The first-order valence-electron chi connectivity index (χ1n) is 14.6. The summed E-state index contributed by atoms with van der Waals surface area (Å²) in [6, 6.07) is 10.8. The van der Waals surface area contributed by atoms with E-state index >= 15 is 0 Å². The lowest BCUT2D eigenvalue weighted by atomic mass is 9.68. The number of carbonyl (C=O) groups excluding carboxylic acids is 2. The molecule has 1 heterocycles. The van der Waals surface area contributed by atoms with E-state index in [0.29, 0.717) is 19.0 Å². The summed E-state index contributed by atoms with van der Waals surface area (Å²) in [7, 11) is 4.35. The topological polar surface area (TPSA) is 76.1 Å². The van der Waals surface area contributed by atoms with Crippen LogP contribution in [0.4, 0.5) is 4.79 Å². The Bertz CT molecular complexity index is 939. The van der Waals surface area contributed by atoms with Crippen molar-refractivity contribution >= 4 is 11.9 Å². The van der Waals surface area contributed by atoms with Crippen molar-refractivity contribution < 1.29 is 14.7 Å². The first-order valence-corrected chi connectivity index (χ1v) is 14.6. The highest BCUT2D eigenvalue weighted by Crippen LogP contribution is 2.49. The predicted molar refractivity (Wildman–Crippen MR) is 145 cm³/mol. The van der Waals surface area contributed by atoms with Crippen molar-refractivity contribution in [3.8, 4) is 0 Å². The number of hydrogen-bond acceptors (Lipinski definition) is 4. The van der Waals surface area contributed by atoms with Crippen LogP contribution in [0.5, 0.6) is 0 Å². The van der Waals surface area contributed by atoms with Crippen LogP contribution in [0.2, 0.25) is 0 Å². The van der Waals surface area contributed by atoms with Gasteiger partial charge in [-0.2, -0.15) is 0 Å². The fourth-order valence-electron chi connectivity index (χ4n) is 7.41. The van der Waals surface area contributed by atoms with Gasteiger partial charge in [0, 0.05) is 31.1 Å². The van der Waals surface area contributed by atoms with Crippen LogP contribution < -0.4 is 5.32 Å². The summed E-state index contributed by atoms with van der Waals surface area (Å²) in [5.41, 5.74) is 1.13. The second kappa shape index (κ2) is 10.9. The molecule has 7 nitrogen and oxygen atoms in total. The third-order valence-corrected chi connectivity index (χ3v) is 10.2. The van der Waals surface area contributed by atoms with E-state index < -0.39 is 0 Å². The third kappa shape index (κ3) is 5.26. The number of benzene rings is 1. The van der Waals surface area contributed by atoms with Gasteiger partial charge in [-0.15, -0.1) is 0 Å². The van der Waals surface area contributed by atoms with Gasteiger partial charge in [-0.1, -0.05) is 49.6 Å². The number of aliphatic hydroxyl groups is 1. The molecule has 7 heteroatoms. The van der Waals surface area contributed by atoms with Crippen LogP contribution in [0.15, 0.2) is 30.3 Å². The van der Waals surface area contributed by atoms with Crippen molar-refractivity contribution in [2.45, 2.75) is 87.8 Å². The summed E-state index contributed by atoms with van der Waals surface area (Å²) in [5, 5.41) is 13.3. The van der Waals surface area contributed by atoms with Crippen LogP contribution in [0.3, 0.4) is 0 Å². The molecule has 2 N–H and O–H groups in total. The van der Waals surface area contributed by atoms with Crippen LogP contribution in [0.1, 0.15) is 76.2 Å². The van der Waals surface area contributed by atoms with Crippen molar-refractivity contribution in [1.82, 2.24) is 20.0 Å². The molecule has 1 aromatic rings. The Kier molecular flexibility index (Phi) is 7.83. The molecular weight excluding hydrogens is 464 g/mol. The number of amides is 3. The summed E-state index contributed by atoms with van der Waals surface area (Å²) in [5.74, 6) is 0.621. The molecule has 2 atom stereocenters. The smallest absolute Gasteiger partial charge is 0.321 e. The Labute approximate surface area is 222 Å². The van der Waals surface area contributed by atoms with Crippen LogP contribution in [0.25, 0.3) is 0 Å². The molecule has 3 aliphatic carbocycles. The summed E-state index contributed by atoms with van der Waals surface area (Å²) in [6.45, 7) is 2.07. The predicted octanol–water partition coefficient (Wildman–Crippen LogP) is 3.96. The Hall–Kier alpha value is -2.12. The van der Waals surface area contributed by atoms with Gasteiger partial charge in [0.2, 0.25) is 5.91 Å². The molecule has 4 aliphatic rings. The number of urea groups is 1. The molecule has 37 heavy (non-hydrogen) atoms. The van der Waals surface area contributed by atoms with Gasteiger partial charge >= 0.3 is 6.03 Å². The molecule has 204 valence electrons. The van der Waals surface area contributed by atoms with Crippen LogP contribution in [-0.2, 0) is 10.3 Å². The molecule has 1 aliphatic heterocycles. The normalized spacial score (nSPS) is 32.7. The van der Waals surface area contributed by atoms with E-state index in [1.54, 1.807) is 4.90 Å². The van der Waals surface area contributed by atoms with Gasteiger partial charge in [0.05, 0.1) is 11.6 Å². The SMILES string of the molecule is CN(C)C1(c2ccccc2)CCC2(CC1)CN(CC(=O)NC[C@@H]1CCCC[C@H]1O)C(=O)N2CC1CCC1. The van der Waals surface area contributed by atoms with E-state index in [1.165, 1.54) is 24.8 Å². The van der Waals surface area contributed by atoms with Crippen LogP contribution in [0, 0.1) is 11.8 Å². The molecular formula is C30H46N4O3. The van der Waals surface area contributed by atoms with E-state index in [9.17, 15) is 14.7 Å². The number of rotatable bonds is 8. The van der Waals surface area contributed by atoms with E-state index in [2.05, 4.69) is 59.5 Å². The Morgan fingerprint density at radius 2 is 1.73 bits per heavy atom. The van der Waals surface area contributed by atoms with Gasteiger partial charge in [-0.05, 0) is 76.9 Å². The molecule has 0 unspecified atom stereocenters. The number of hydrogen-bond donors (Lipinski definition) is 2. The lowest BCUT2D eigenvalue weighted by molar-refractivity contribution is -0.122. The van der Waals surface area contributed by atoms with Crippen LogP contribution >= 0.6 is 0 Å². The second-order valence-electron chi connectivity index (χ2n) is 12.5. The highest BCUT2D eigenvalue weighted by Gasteiger charge is 2.55. The Morgan fingerprint density at radius 3 is 2.35 bits per heavy atom. The monoisotopic (exact) mass is 510 g/mol. The minimum atomic E-state index is -0.326. The highest BCUT2D eigenvalue weighted by atomic mass is 16.3. The van der Waals surface area contributed by atoms with Gasteiger partial charge in [0.25, 0.3) is 0 Å². The first kappa shape index (κ1) is 26.5. The lowest BCUT2D eigenvalue weighted by Gasteiger charge is -2.51. The molecule has 4 fully saturated rings. The minimum Gasteiger partial charge on any atom is -0.393 e. The zero-order chi connectivity index (χ0) is 26.0. The average Bonchev–Trinajstić information content (AvgIpc) is 3.11. The Morgan fingerprint density at radius 1 is 1.03 bits per heavy atom. The molecule has 5 rings (SSSR count). The Balaban J connectivity index is 1.28. The minimum absolute atomic E-state index is 0.0245. The summed E-state index contributed by atoms with van der Waals surface area (Å²) in [4.78, 5) is 33.0. The maximum atomic E-state index is 13.7. The number of nitrogens with one attached hydrogen (secondary N) is 1. The molecule has 1 aromatic carbocycles. The first-order chi connectivity index (χ1) is 17.8. The van der Waals surface area contributed by atoms with Gasteiger partial charge in [-0.25, -0.2) is 4.79 Å². The molecule has 0 radical (unpaired) electrons. The quantitative estimate of drug-likeness (QED) is 0.555. The van der Waals surface area contributed by atoms with Gasteiger partial charge in [0.15, 0.2) is 0 Å². The summed E-state index contributed by atoms with van der Waals surface area (Å²) >= 11 is 0.